The summed E-state index contributed by atoms with van der Waals surface area (Å²) in [5.41, 5.74) is 1.13. The Morgan fingerprint density at radius 3 is 2.67 bits per heavy atom. The van der Waals surface area contributed by atoms with E-state index in [9.17, 15) is 8.78 Å². The molecule has 0 saturated heterocycles. The van der Waals surface area contributed by atoms with Crippen LogP contribution in [-0.2, 0) is 13.2 Å². The summed E-state index contributed by atoms with van der Waals surface area (Å²) < 4.78 is 32.9. The lowest BCUT2D eigenvalue weighted by molar-refractivity contribution is 0.273. The van der Waals surface area contributed by atoms with E-state index in [0.29, 0.717) is 17.7 Å². The van der Waals surface area contributed by atoms with Gasteiger partial charge in [0, 0.05) is 18.3 Å². The number of aromatic nitrogens is 1. The summed E-state index contributed by atoms with van der Waals surface area (Å²) in [4.78, 5) is 3.86. The molecule has 1 aromatic heterocycles. The third-order valence-corrected chi connectivity index (χ3v) is 2.81. The molecule has 1 aromatic carbocycles. The predicted octanol–water partition coefficient (Wildman–Crippen LogP) is 2.53. The van der Waals surface area contributed by atoms with Crippen molar-refractivity contribution in [1.29, 1.82) is 5.26 Å². The molecule has 2 aromatic rings. The van der Waals surface area contributed by atoms with E-state index in [-0.39, 0.29) is 12.3 Å². The standard InChI is InChI=1S/C15H13F2N3O/c1-19-8-10-5-12(16)15(13(17)6-10)21-9-11-3-2-4-20-14(11)7-18/h2-6,19H,8-9H2,1H3. The number of rotatable bonds is 5. The van der Waals surface area contributed by atoms with E-state index < -0.39 is 17.4 Å². The van der Waals surface area contributed by atoms with E-state index in [1.807, 2.05) is 6.07 Å². The van der Waals surface area contributed by atoms with Gasteiger partial charge in [-0.25, -0.2) is 13.8 Å². The van der Waals surface area contributed by atoms with Gasteiger partial charge in [0.15, 0.2) is 17.4 Å². The van der Waals surface area contributed by atoms with Gasteiger partial charge in [0.2, 0.25) is 0 Å². The van der Waals surface area contributed by atoms with Gasteiger partial charge in [0.05, 0.1) is 0 Å². The monoisotopic (exact) mass is 289 g/mol. The molecule has 1 N–H and O–H groups in total. The third-order valence-electron chi connectivity index (χ3n) is 2.81. The van der Waals surface area contributed by atoms with Crippen LogP contribution in [-0.4, -0.2) is 12.0 Å². The number of hydrogen-bond donors (Lipinski definition) is 1. The number of benzene rings is 1. The quantitative estimate of drug-likeness (QED) is 0.919. The van der Waals surface area contributed by atoms with Gasteiger partial charge in [-0.1, -0.05) is 6.07 Å². The van der Waals surface area contributed by atoms with E-state index in [0.717, 1.165) is 0 Å². The molecule has 0 spiro atoms. The topological polar surface area (TPSA) is 57.9 Å². The fourth-order valence-electron chi connectivity index (χ4n) is 1.86. The van der Waals surface area contributed by atoms with Crippen LogP contribution in [0.1, 0.15) is 16.8 Å². The van der Waals surface area contributed by atoms with Crippen LogP contribution in [0.4, 0.5) is 8.78 Å². The molecule has 0 bridgehead atoms. The van der Waals surface area contributed by atoms with Gasteiger partial charge in [0.1, 0.15) is 18.4 Å². The molecular formula is C15H13F2N3O. The van der Waals surface area contributed by atoms with E-state index in [1.165, 1.54) is 18.3 Å². The summed E-state index contributed by atoms with van der Waals surface area (Å²) in [6, 6.07) is 7.57. The van der Waals surface area contributed by atoms with Gasteiger partial charge in [-0.15, -0.1) is 0 Å². The molecule has 0 atom stereocenters. The van der Waals surface area contributed by atoms with Gasteiger partial charge in [-0.3, -0.25) is 0 Å². The van der Waals surface area contributed by atoms with E-state index in [1.54, 1.807) is 19.2 Å². The zero-order valence-electron chi connectivity index (χ0n) is 11.4. The molecule has 108 valence electrons. The minimum Gasteiger partial charge on any atom is -0.483 e. The molecule has 4 nitrogen and oxygen atoms in total. The van der Waals surface area contributed by atoms with Gasteiger partial charge < -0.3 is 10.1 Å². The van der Waals surface area contributed by atoms with Crippen LogP contribution in [0.15, 0.2) is 30.5 Å². The van der Waals surface area contributed by atoms with Crippen LogP contribution in [0, 0.1) is 23.0 Å². The maximum Gasteiger partial charge on any atom is 0.191 e. The highest BCUT2D eigenvalue weighted by Crippen LogP contribution is 2.24. The Balaban J connectivity index is 2.19. The van der Waals surface area contributed by atoms with Crippen LogP contribution >= 0.6 is 0 Å². The Morgan fingerprint density at radius 1 is 1.33 bits per heavy atom. The number of hydrogen-bond acceptors (Lipinski definition) is 4. The number of ether oxygens (including phenoxy) is 1. The molecule has 1 heterocycles. The molecule has 0 aliphatic rings. The van der Waals surface area contributed by atoms with Crippen LogP contribution < -0.4 is 10.1 Å². The maximum atomic E-state index is 13.8. The lowest BCUT2D eigenvalue weighted by Crippen LogP contribution is -2.07. The molecule has 0 amide bonds. The highest BCUT2D eigenvalue weighted by molar-refractivity contribution is 5.33. The van der Waals surface area contributed by atoms with Gasteiger partial charge in [-0.2, -0.15) is 5.26 Å². The SMILES string of the molecule is CNCc1cc(F)c(OCc2cccnc2C#N)c(F)c1. The Bertz CT molecular complexity index is 660. The number of halogens is 2. The molecule has 0 aliphatic heterocycles. The molecule has 0 saturated carbocycles. The zero-order chi connectivity index (χ0) is 15.2. The van der Waals surface area contributed by atoms with Crippen molar-refractivity contribution >= 4 is 0 Å². The van der Waals surface area contributed by atoms with Crippen molar-refractivity contribution in [3.63, 3.8) is 0 Å². The minimum atomic E-state index is -0.775. The number of nitriles is 1. The smallest absolute Gasteiger partial charge is 0.191 e. The van der Waals surface area contributed by atoms with Crippen molar-refractivity contribution in [2.45, 2.75) is 13.2 Å². The van der Waals surface area contributed by atoms with Crippen LogP contribution in [0.3, 0.4) is 0 Å². The summed E-state index contributed by atoms with van der Waals surface area (Å²) in [5, 5.41) is 11.7. The summed E-state index contributed by atoms with van der Waals surface area (Å²) in [7, 11) is 1.69. The normalized spacial score (nSPS) is 10.2. The predicted molar refractivity (Wildman–Crippen MR) is 72.4 cm³/mol. The number of nitrogens with zero attached hydrogens (tertiary/aromatic N) is 2. The van der Waals surface area contributed by atoms with Gasteiger partial charge in [-0.05, 0) is 30.8 Å². The van der Waals surface area contributed by atoms with E-state index in [4.69, 9.17) is 10.00 Å². The van der Waals surface area contributed by atoms with Crippen molar-refractivity contribution in [3.05, 3.63) is 58.9 Å². The first-order chi connectivity index (χ1) is 10.2. The van der Waals surface area contributed by atoms with E-state index in [2.05, 4.69) is 10.3 Å². The second-order valence-corrected chi connectivity index (χ2v) is 4.33. The van der Waals surface area contributed by atoms with Crippen molar-refractivity contribution in [3.8, 4) is 11.8 Å². The van der Waals surface area contributed by atoms with Crippen molar-refractivity contribution in [2.24, 2.45) is 0 Å². The van der Waals surface area contributed by atoms with Crippen LogP contribution in [0.25, 0.3) is 0 Å². The van der Waals surface area contributed by atoms with Crippen molar-refractivity contribution in [2.75, 3.05) is 7.05 Å². The van der Waals surface area contributed by atoms with Crippen molar-refractivity contribution in [1.82, 2.24) is 10.3 Å². The molecule has 0 fully saturated rings. The molecule has 0 radical (unpaired) electrons. The first kappa shape index (κ1) is 14.9. The first-order valence-electron chi connectivity index (χ1n) is 6.25. The lowest BCUT2D eigenvalue weighted by atomic mass is 10.2. The highest BCUT2D eigenvalue weighted by atomic mass is 19.1. The van der Waals surface area contributed by atoms with Gasteiger partial charge >= 0.3 is 0 Å². The fourth-order valence-corrected chi connectivity index (χ4v) is 1.86. The Hall–Kier alpha value is -2.52. The molecule has 0 unspecified atom stereocenters. The molecule has 21 heavy (non-hydrogen) atoms. The second kappa shape index (κ2) is 6.77. The fraction of sp³-hybridized carbons (Fsp3) is 0.200. The molecule has 0 aliphatic carbocycles. The molecule has 6 heteroatoms. The molecular weight excluding hydrogens is 276 g/mol. The maximum absolute atomic E-state index is 13.8. The summed E-state index contributed by atoms with van der Waals surface area (Å²) >= 11 is 0. The summed E-state index contributed by atoms with van der Waals surface area (Å²) in [6.45, 7) is 0.227. The highest BCUT2D eigenvalue weighted by Gasteiger charge is 2.13. The minimum absolute atomic E-state index is 0.129. The number of pyridine rings is 1. The third kappa shape index (κ3) is 3.52. The Kier molecular flexibility index (Phi) is 4.80. The van der Waals surface area contributed by atoms with Crippen molar-refractivity contribution < 1.29 is 13.5 Å². The zero-order valence-corrected chi connectivity index (χ0v) is 11.4. The Morgan fingerprint density at radius 2 is 2.05 bits per heavy atom. The molecule has 2 rings (SSSR count). The average Bonchev–Trinajstić information content (AvgIpc) is 2.47. The van der Waals surface area contributed by atoms with Crippen LogP contribution in [0.2, 0.25) is 0 Å². The van der Waals surface area contributed by atoms with Gasteiger partial charge in [0.25, 0.3) is 0 Å². The Labute approximate surface area is 121 Å². The first-order valence-corrected chi connectivity index (χ1v) is 6.25. The largest absolute Gasteiger partial charge is 0.483 e. The second-order valence-electron chi connectivity index (χ2n) is 4.33. The lowest BCUT2D eigenvalue weighted by Gasteiger charge is -2.10. The number of nitrogens with one attached hydrogen (secondary N) is 1. The summed E-state index contributed by atoms with van der Waals surface area (Å²) in [5.74, 6) is -2.01. The van der Waals surface area contributed by atoms with E-state index >= 15 is 0 Å². The van der Waals surface area contributed by atoms with Crippen LogP contribution in [0.5, 0.6) is 5.75 Å². The summed E-state index contributed by atoms with van der Waals surface area (Å²) in [6.07, 6.45) is 1.47. The average molecular weight is 289 g/mol.